The van der Waals surface area contributed by atoms with Crippen molar-refractivity contribution in [1.29, 1.82) is 0 Å². The summed E-state index contributed by atoms with van der Waals surface area (Å²) in [6.45, 7) is 4.43. The molecule has 1 aromatic carbocycles. The van der Waals surface area contributed by atoms with Crippen LogP contribution in [0.4, 0.5) is 0 Å². The molecule has 0 saturated heterocycles. The third-order valence-corrected chi connectivity index (χ3v) is 2.61. The van der Waals surface area contributed by atoms with Gasteiger partial charge in [0.05, 0.1) is 10.2 Å². The average molecular weight is 175 g/mol. The molecule has 0 amide bonds. The fourth-order valence-corrected chi connectivity index (χ4v) is 1.99. The molecular weight excluding hydrogens is 160 g/mol. The first-order valence-corrected chi connectivity index (χ1v) is 5.12. The zero-order valence-corrected chi connectivity index (χ0v) is 8.85. The van der Waals surface area contributed by atoms with E-state index in [2.05, 4.69) is 42.3 Å². The van der Waals surface area contributed by atoms with Crippen LogP contribution in [0.15, 0.2) is 18.2 Å². The summed E-state index contributed by atoms with van der Waals surface area (Å²) in [5.74, 6) is 0. The van der Waals surface area contributed by atoms with Gasteiger partial charge in [-0.15, -0.1) is 0 Å². The summed E-state index contributed by atoms with van der Waals surface area (Å²) in [7, 11) is 3.63. The average Bonchev–Trinajstić information content (AvgIpc) is 2.05. The Kier molecular flexibility index (Phi) is 3.54. The SMILES string of the molecule is CCCc1cccc([Si])c1CC. The highest BCUT2D eigenvalue weighted by molar-refractivity contribution is 6.33. The largest absolute Gasteiger partial charge is 0.0715 e. The molecule has 0 aliphatic carbocycles. The molecule has 1 rings (SSSR count). The molecule has 12 heavy (non-hydrogen) atoms. The van der Waals surface area contributed by atoms with Crippen LogP contribution in [0.25, 0.3) is 0 Å². The Morgan fingerprint density at radius 3 is 2.58 bits per heavy atom. The van der Waals surface area contributed by atoms with Crippen LogP contribution in [-0.2, 0) is 12.8 Å². The van der Waals surface area contributed by atoms with E-state index in [0.717, 1.165) is 6.42 Å². The number of aryl methyl sites for hydroxylation is 1. The summed E-state index contributed by atoms with van der Waals surface area (Å²) < 4.78 is 0. The van der Waals surface area contributed by atoms with Crippen LogP contribution in [0.1, 0.15) is 31.4 Å². The number of hydrogen-bond acceptors (Lipinski definition) is 0. The fourth-order valence-electron chi connectivity index (χ4n) is 1.56. The van der Waals surface area contributed by atoms with E-state index in [1.807, 2.05) is 0 Å². The quantitative estimate of drug-likeness (QED) is 0.616. The molecule has 1 aromatic rings. The topological polar surface area (TPSA) is 0 Å². The molecule has 0 atom stereocenters. The standard InChI is InChI=1S/C11H15Si/c1-3-6-9-7-5-8-11(12)10(9)4-2/h5,7-8H,3-4,6H2,1-2H3. The Hall–Kier alpha value is -0.563. The third kappa shape index (κ3) is 1.98. The van der Waals surface area contributed by atoms with E-state index in [-0.39, 0.29) is 0 Å². The van der Waals surface area contributed by atoms with E-state index in [1.165, 1.54) is 29.2 Å². The molecule has 63 valence electrons. The molecular formula is C11H15Si. The zero-order valence-electron chi connectivity index (χ0n) is 7.85. The van der Waals surface area contributed by atoms with Crippen molar-refractivity contribution < 1.29 is 0 Å². The summed E-state index contributed by atoms with van der Waals surface area (Å²) in [6, 6.07) is 6.47. The van der Waals surface area contributed by atoms with E-state index in [0.29, 0.717) is 0 Å². The molecule has 0 spiro atoms. The molecule has 0 aliphatic rings. The van der Waals surface area contributed by atoms with Gasteiger partial charge < -0.3 is 0 Å². The predicted octanol–water partition coefficient (Wildman–Crippen LogP) is 2.00. The van der Waals surface area contributed by atoms with Gasteiger partial charge in [0.15, 0.2) is 0 Å². The molecule has 0 nitrogen and oxygen atoms in total. The minimum atomic E-state index is 1.12. The second-order valence-corrected chi connectivity index (χ2v) is 3.59. The normalized spacial score (nSPS) is 10.2. The molecule has 3 radical (unpaired) electrons. The van der Waals surface area contributed by atoms with Crippen LogP contribution in [0.3, 0.4) is 0 Å². The maximum absolute atomic E-state index is 3.63. The van der Waals surface area contributed by atoms with Gasteiger partial charge in [-0.25, -0.2) is 0 Å². The van der Waals surface area contributed by atoms with Gasteiger partial charge in [0.25, 0.3) is 0 Å². The Bertz CT molecular complexity index is 253. The second-order valence-electron chi connectivity index (χ2n) is 3.05. The lowest BCUT2D eigenvalue weighted by molar-refractivity contribution is 0.902. The number of rotatable bonds is 3. The Balaban J connectivity index is 3.00. The van der Waals surface area contributed by atoms with Gasteiger partial charge in [-0.05, 0) is 24.0 Å². The Labute approximate surface area is 78.4 Å². The molecule has 0 saturated carbocycles. The van der Waals surface area contributed by atoms with Crippen molar-refractivity contribution in [2.24, 2.45) is 0 Å². The Morgan fingerprint density at radius 1 is 1.25 bits per heavy atom. The van der Waals surface area contributed by atoms with Gasteiger partial charge in [-0.2, -0.15) is 0 Å². The van der Waals surface area contributed by atoms with Crippen LogP contribution in [0.5, 0.6) is 0 Å². The summed E-state index contributed by atoms with van der Waals surface area (Å²) in [6.07, 6.45) is 3.54. The second kappa shape index (κ2) is 4.46. The van der Waals surface area contributed by atoms with E-state index in [1.54, 1.807) is 0 Å². The van der Waals surface area contributed by atoms with E-state index >= 15 is 0 Å². The predicted molar refractivity (Wildman–Crippen MR) is 55.2 cm³/mol. The van der Waals surface area contributed by atoms with Crippen molar-refractivity contribution in [1.82, 2.24) is 0 Å². The van der Waals surface area contributed by atoms with Gasteiger partial charge in [0.2, 0.25) is 0 Å². The monoisotopic (exact) mass is 175 g/mol. The van der Waals surface area contributed by atoms with Gasteiger partial charge in [0, 0.05) is 0 Å². The van der Waals surface area contributed by atoms with Crippen LogP contribution >= 0.6 is 0 Å². The van der Waals surface area contributed by atoms with E-state index in [9.17, 15) is 0 Å². The zero-order chi connectivity index (χ0) is 8.97. The highest BCUT2D eigenvalue weighted by Crippen LogP contribution is 2.08. The van der Waals surface area contributed by atoms with Crippen molar-refractivity contribution in [2.45, 2.75) is 33.1 Å². The van der Waals surface area contributed by atoms with E-state index in [4.69, 9.17) is 0 Å². The molecule has 0 aliphatic heterocycles. The molecule has 1 heteroatoms. The van der Waals surface area contributed by atoms with Crippen molar-refractivity contribution in [3.63, 3.8) is 0 Å². The lowest BCUT2D eigenvalue weighted by Gasteiger charge is -2.09. The first-order chi connectivity index (χ1) is 5.79. The highest BCUT2D eigenvalue weighted by Gasteiger charge is 2.01. The van der Waals surface area contributed by atoms with E-state index < -0.39 is 0 Å². The first-order valence-electron chi connectivity index (χ1n) is 4.62. The number of hydrogen-bond donors (Lipinski definition) is 0. The number of benzene rings is 1. The van der Waals surface area contributed by atoms with Gasteiger partial charge in [-0.3, -0.25) is 0 Å². The third-order valence-electron chi connectivity index (χ3n) is 2.15. The van der Waals surface area contributed by atoms with Crippen molar-refractivity contribution in [3.05, 3.63) is 29.3 Å². The smallest absolute Gasteiger partial charge is 0.0651 e. The maximum atomic E-state index is 3.63. The van der Waals surface area contributed by atoms with Crippen LogP contribution < -0.4 is 5.19 Å². The van der Waals surface area contributed by atoms with Gasteiger partial charge in [0.1, 0.15) is 0 Å². The minimum absolute atomic E-state index is 1.12. The first kappa shape index (κ1) is 9.52. The van der Waals surface area contributed by atoms with Crippen LogP contribution in [-0.4, -0.2) is 10.2 Å². The summed E-state index contributed by atoms with van der Waals surface area (Å²) >= 11 is 0. The van der Waals surface area contributed by atoms with Crippen LogP contribution in [0.2, 0.25) is 0 Å². The summed E-state index contributed by atoms with van der Waals surface area (Å²) in [4.78, 5) is 0. The molecule has 0 fully saturated rings. The maximum Gasteiger partial charge on any atom is 0.0715 e. The van der Waals surface area contributed by atoms with Crippen molar-refractivity contribution in [2.75, 3.05) is 0 Å². The van der Waals surface area contributed by atoms with Crippen LogP contribution in [0, 0.1) is 0 Å². The molecule has 0 heterocycles. The van der Waals surface area contributed by atoms with Gasteiger partial charge >= 0.3 is 0 Å². The molecule has 0 N–H and O–H groups in total. The minimum Gasteiger partial charge on any atom is -0.0651 e. The summed E-state index contributed by atoms with van der Waals surface area (Å²) in [5, 5.41) is 1.25. The lowest BCUT2D eigenvalue weighted by atomic mass is 10.0. The summed E-state index contributed by atoms with van der Waals surface area (Å²) in [5.41, 5.74) is 2.96. The highest BCUT2D eigenvalue weighted by atomic mass is 28.1. The Morgan fingerprint density at radius 2 is 2.00 bits per heavy atom. The molecule has 0 aromatic heterocycles. The van der Waals surface area contributed by atoms with Gasteiger partial charge in [-0.1, -0.05) is 43.7 Å². The molecule has 0 unspecified atom stereocenters. The van der Waals surface area contributed by atoms with Crippen molar-refractivity contribution >= 4 is 15.4 Å². The molecule has 0 bridgehead atoms. The lowest BCUT2D eigenvalue weighted by Crippen LogP contribution is -2.12. The van der Waals surface area contributed by atoms with Crippen molar-refractivity contribution in [3.8, 4) is 0 Å². The fraction of sp³-hybridized carbons (Fsp3) is 0.455.